The van der Waals surface area contributed by atoms with Crippen LogP contribution in [0.15, 0.2) is 0 Å². The van der Waals surface area contributed by atoms with Gasteiger partial charge in [-0.1, -0.05) is 13.8 Å². The van der Waals surface area contributed by atoms with Crippen LogP contribution in [0.25, 0.3) is 0 Å². The average molecular weight is 622 g/mol. The van der Waals surface area contributed by atoms with Crippen molar-refractivity contribution in [2.45, 2.75) is 20.3 Å². The molecule has 0 amide bonds. The first-order valence-electron chi connectivity index (χ1n) is 3.67. The maximum Gasteiger partial charge on any atom is 1.00 e. The number of carbonyl (C=O) groups is 3. The van der Waals surface area contributed by atoms with E-state index in [2.05, 4.69) is 34.0 Å². The Kier molecular flexibility index (Phi) is 269. The first kappa shape index (κ1) is 71.0. The Morgan fingerprint density at radius 3 is 1.20 bits per heavy atom. The molecule has 2 N–H and O–H groups in total. The monoisotopic (exact) mass is 619 g/mol. The molecule has 0 fully saturated rings. The Morgan fingerprint density at radius 2 is 1.20 bits per heavy atom. The molecule has 0 saturated carbocycles. The van der Waals surface area contributed by atoms with Crippen molar-refractivity contribution in [3.05, 3.63) is 13.8 Å². The van der Waals surface area contributed by atoms with Gasteiger partial charge in [0.15, 0.2) is 0 Å². The summed E-state index contributed by atoms with van der Waals surface area (Å²) in [6, 6.07) is 0. The third-order valence-electron chi connectivity index (χ3n) is 0.418. The zero-order chi connectivity index (χ0) is 16.7. The predicted octanol–water partition coefficient (Wildman–Crippen LogP) is -5.61. The summed E-state index contributed by atoms with van der Waals surface area (Å²) in [5.41, 5.74) is 0. The molecule has 0 aliphatic rings. The fourth-order valence-electron chi connectivity index (χ4n) is 0. The smallest absolute Gasteiger partial charge is 0 e. The van der Waals surface area contributed by atoms with Crippen molar-refractivity contribution in [2.24, 2.45) is 0 Å². The fourth-order valence-corrected chi connectivity index (χ4v) is 0. The van der Waals surface area contributed by atoms with E-state index in [0.29, 0.717) is 0 Å². The summed E-state index contributed by atoms with van der Waals surface area (Å²) < 4.78 is 0. The van der Waals surface area contributed by atoms with Gasteiger partial charge in [0.1, 0.15) is 0 Å². The van der Waals surface area contributed by atoms with Crippen molar-refractivity contribution in [3.63, 3.8) is 0 Å². The Labute approximate surface area is 238 Å². The van der Waals surface area contributed by atoms with Gasteiger partial charge in [0.2, 0.25) is 0 Å². The van der Waals surface area contributed by atoms with Gasteiger partial charge in [-0.25, -0.2) is 0 Å². The maximum absolute atomic E-state index is 9.31. The molecule has 0 aliphatic carbocycles. The number of carboxylic acid groups (broad SMARTS) is 3. The first-order valence-corrected chi connectivity index (χ1v) is 6.26. The molecule has 0 heterocycles. The van der Waals surface area contributed by atoms with E-state index in [-0.39, 0.29) is 143 Å². The summed E-state index contributed by atoms with van der Waals surface area (Å²) >= 11 is 0.757. The second-order valence-corrected chi connectivity index (χ2v) is 3.05. The molecule has 0 bridgehead atoms. The summed E-state index contributed by atoms with van der Waals surface area (Å²) in [7, 11) is 9.34. The van der Waals surface area contributed by atoms with Crippen LogP contribution in [0.1, 0.15) is 20.3 Å². The molecule has 0 aliphatic heterocycles. The summed E-state index contributed by atoms with van der Waals surface area (Å²) in [6.45, 7) is 5.86. The second-order valence-electron chi connectivity index (χ2n) is 1.50. The number of rotatable bonds is 2. The molecule has 159 valence electrons. The van der Waals surface area contributed by atoms with E-state index in [1.54, 1.807) is 0 Å². The average Bonchev–Trinajstić information content (AvgIpc) is 2.32. The standard InChI is InChI=1S/2C3H5O2.CH2O2.CO2.CH4.2ClH.4Cu.2Na/c2*1-2-3(4)5;2*2-1-3;;;;;;;;;/h2*1-2H2,(H,4,5);1H,(H,2,3);;1H4;2*1H;;;;;;/q2*-1;;;;;;;;+1;+2;2*+1/p-3. The van der Waals surface area contributed by atoms with Gasteiger partial charge in [-0.2, -0.15) is 9.59 Å². The van der Waals surface area contributed by atoms with Gasteiger partial charge < -0.3 is 34.0 Å². The van der Waals surface area contributed by atoms with E-state index in [1.165, 1.54) is 0 Å². The van der Waals surface area contributed by atoms with Crippen LogP contribution in [-0.2, 0) is 88.3 Å². The summed E-state index contributed by atoms with van der Waals surface area (Å²) in [4.78, 5) is 43.1. The van der Waals surface area contributed by atoms with Crippen molar-refractivity contribution in [1.82, 2.24) is 0 Å². The molecule has 8 nitrogen and oxygen atoms in total. The third-order valence-corrected chi connectivity index (χ3v) is 0.418. The van der Waals surface area contributed by atoms with E-state index in [0.717, 1.165) is 13.1 Å². The summed E-state index contributed by atoms with van der Waals surface area (Å²) in [6.07, 6.45) is 0.0833. The Balaban J connectivity index is -0.0000000105. The van der Waals surface area contributed by atoms with Crippen LogP contribution in [0.4, 0.5) is 0 Å². The molecule has 2 radical (unpaired) electrons. The zero-order valence-electron chi connectivity index (χ0n) is 12.2. The van der Waals surface area contributed by atoms with Gasteiger partial charge >= 0.3 is 116 Å². The molecule has 0 aromatic heterocycles. The van der Waals surface area contributed by atoms with Crippen LogP contribution in [0, 0.1) is 13.8 Å². The second kappa shape index (κ2) is 94.7. The third kappa shape index (κ3) is 380. The van der Waals surface area contributed by atoms with Crippen LogP contribution < -0.4 is 64.2 Å². The normalized spacial score (nSPS) is 4.64. The zero-order valence-corrected chi connectivity index (χ0v) is 21.5. The molecular formula is C9H15Cl2Cu4Na2O8. The molecule has 0 rings (SSSR count). The van der Waals surface area contributed by atoms with Crippen LogP contribution in [0.2, 0.25) is 0 Å². The van der Waals surface area contributed by atoms with E-state index >= 15 is 0 Å². The van der Waals surface area contributed by atoms with Gasteiger partial charge in [0.25, 0.3) is 12.4 Å². The molecule has 16 heteroatoms. The molecule has 0 aromatic rings. The Hall–Kier alpha value is 2.45. The minimum Gasteiger partial charge on any atom is 0 e. The van der Waals surface area contributed by atoms with Crippen molar-refractivity contribution < 1.29 is 163 Å². The van der Waals surface area contributed by atoms with Gasteiger partial charge in [-0.05, 0) is 0 Å². The van der Waals surface area contributed by atoms with Crippen molar-refractivity contribution in [2.75, 3.05) is 0 Å². The number of aliphatic carboxylic acids is 2. The summed E-state index contributed by atoms with van der Waals surface area (Å²) in [5.74, 6) is -1.96. The van der Waals surface area contributed by atoms with E-state index in [4.69, 9.17) is 24.6 Å². The number of halogens is 2. The van der Waals surface area contributed by atoms with Crippen LogP contribution >= 0.6 is 20.2 Å². The maximum atomic E-state index is 9.31. The molecule has 0 aromatic carbocycles. The number of carboxylic acids is 2. The van der Waals surface area contributed by atoms with Crippen LogP contribution in [-0.4, -0.2) is 34.8 Å². The topological polar surface area (TPSA) is 149 Å². The Morgan fingerprint density at radius 1 is 1.12 bits per heavy atom. The van der Waals surface area contributed by atoms with Gasteiger partial charge in [-0.3, -0.25) is 9.59 Å². The molecule has 0 unspecified atom stereocenters. The molecular weight excluding hydrogens is 607 g/mol. The van der Waals surface area contributed by atoms with E-state index < -0.39 is 11.9 Å². The van der Waals surface area contributed by atoms with Crippen LogP contribution in [0.5, 0.6) is 0 Å². The van der Waals surface area contributed by atoms with E-state index in [9.17, 15) is 14.7 Å². The molecule has 25 heavy (non-hydrogen) atoms. The Bertz CT molecular complexity index is 238. The summed E-state index contributed by atoms with van der Waals surface area (Å²) in [5, 5.41) is 23.7. The van der Waals surface area contributed by atoms with Crippen molar-refractivity contribution >= 4 is 44.8 Å². The number of hydrogen-bond acceptors (Lipinski definition) is 6. The quantitative estimate of drug-likeness (QED) is 0.176. The van der Waals surface area contributed by atoms with Gasteiger partial charge in [-0.15, -0.1) is 6.42 Å². The van der Waals surface area contributed by atoms with Crippen LogP contribution in [0.3, 0.4) is 0 Å². The minimum atomic E-state index is -1.11. The van der Waals surface area contributed by atoms with E-state index in [1.807, 2.05) is 0 Å². The fraction of sp³-hybridized carbons (Fsp3) is 0.333. The van der Waals surface area contributed by atoms with Gasteiger partial charge in [0, 0.05) is 40.1 Å². The molecule has 0 spiro atoms. The number of carbonyl (C=O) groups excluding carboxylic acids is 3. The predicted molar refractivity (Wildman–Crippen MR) is 64.7 cm³/mol. The molecule has 0 atom stereocenters. The van der Waals surface area contributed by atoms with Gasteiger partial charge in [0.05, 0.1) is 0 Å². The first-order chi connectivity index (χ1) is 8.78. The molecule has 0 saturated heterocycles. The largest absolute Gasteiger partial charge is 1.00 e. The minimum absolute atomic E-state index is 0. The SMILES string of the molecule is C.O=C=O.O=CO.[CH2-]CC(=O)O.[CH2-]CC(=O)[O-].[Cl][Cu][Cl].[Cu+].[Cu].[Cu].[Na+].[Na+]. The van der Waals surface area contributed by atoms with Crippen molar-refractivity contribution in [3.8, 4) is 0 Å². The van der Waals surface area contributed by atoms with Crippen molar-refractivity contribution in [1.29, 1.82) is 0 Å². The number of hydrogen-bond donors (Lipinski definition) is 2.